The summed E-state index contributed by atoms with van der Waals surface area (Å²) < 4.78 is 0.900. The van der Waals surface area contributed by atoms with E-state index in [1.807, 2.05) is 31.2 Å². The zero-order valence-corrected chi connectivity index (χ0v) is 12.8. The molecule has 0 aliphatic heterocycles. The molecular formula is C13H11BrCl2N2. The van der Waals surface area contributed by atoms with Gasteiger partial charge < -0.3 is 5.32 Å². The van der Waals surface area contributed by atoms with Crippen LogP contribution in [0.15, 0.2) is 34.8 Å². The first-order valence-corrected chi connectivity index (χ1v) is 6.92. The van der Waals surface area contributed by atoms with Crippen molar-refractivity contribution in [2.75, 3.05) is 5.32 Å². The van der Waals surface area contributed by atoms with Crippen LogP contribution in [0.3, 0.4) is 0 Å². The Kier molecular flexibility index (Phi) is 4.49. The van der Waals surface area contributed by atoms with Gasteiger partial charge in [-0.25, -0.2) is 4.98 Å². The SMILES string of the molecule is Cc1nc(Cl)ccc1NCc1ccc(Br)c(Cl)c1. The summed E-state index contributed by atoms with van der Waals surface area (Å²) in [7, 11) is 0. The van der Waals surface area contributed by atoms with Crippen molar-refractivity contribution >= 4 is 44.8 Å². The van der Waals surface area contributed by atoms with Crippen molar-refractivity contribution in [2.24, 2.45) is 0 Å². The molecule has 0 saturated carbocycles. The van der Waals surface area contributed by atoms with Crippen molar-refractivity contribution < 1.29 is 0 Å². The maximum absolute atomic E-state index is 6.04. The van der Waals surface area contributed by atoms with Crippen LogP contribution in [0.4, 0.5) is 5.69 Å². The van der Waals surface area contributed by atoms with E-state index in [1.54, 1.807) is 6.07 Å². The van der Waals surface area contributed by atoms with E-state index in [4.69, 9.17) is 23.2 Å². The first-order valence-electron chi connectivity index (χ1n) is 5.37. The van der Waals surface area contributed by atoms with Gasteiger partial charge in [0.05, 0.1) is 16.4 Å². The molecule has 18 heavy (non-hydrogen) atoms. The minimum absolute atomic E-state index is 0.504. The smallest absolute Gasteiger partial charge is 0.129 e. The van der Waals surface area contributed by atoms with Gasteiger partial charge in [0.1, 0.15) is 5.15 Å². The number of rotatable bonds is 3. The van der Waals surface area contributed by atoms with Crippen LogP contribution in [-0.2, 0) is 6.54 Å². The number of aryl methyl sites for hydroxylation is 1. The van der Waals surface area contributed by atoms with Crippen LogP contribution < -0.4 is 5.32 Å². The van der Waals surface area contributed by atoms with Crippen LogP contribution in [0.25, 0.3) is 0 Å². The van der Waals surface area contributed by atoms with E-state index in [9.17, 15) is 0 Å². The Morgan fingerprint density at radius 1 is 1.22 bits per heavy atom. The molecule has 0 saturated heterocycles. The van der Waals surface area contributed by atoms with E-state index in [0.717, 1.165) is 21.4 Å². The minimum atomic E-state index is 0.504. The third-order valence-electron chi connectivity index (χ3n) is 2.52. The fourth-order valence-corrected chi connectivity index (χ4v) is 2.20. The van der Waals surface area contributed by atoms with Crippen molar-refractivity contribution in [1.82, 2.24) is 4.98 Å². The summed E-state index contributed by atoms with van der Waals surface area (Å²) in [4.78, 5) is 4.19. The van der Waals surface area contributed by atoms with Gasteiger partial charge in [-0.1, -0.05) is 29.3 Å². The lowest BCUT2D eigenvalue weighted by molar-refractivity contribution is 1.11. The van der Waals surface area contributed by atoms with Gasteiger partial charge in [-0.15, -0.1) is 0 Å². The molecule has 0 aliphatic carbocycles. The van der Waals surface area contributed by atoms with Crippen LogP contribution in [0.1, 0.15) is 11.3 Å². The quantitative estimate of drug-likeness (QED) is 0.785. The molecule has 2 rings (SSSR count). The molecule has 2 nitrogen and oxygen atoms in total. The topological polar surface area (TPSA) is 24.9 Å². The molecule has 0 unspecified atom stereocenters. The monoisotopic (exact) mass is 344 g/mol. The number of halogens is 3. The van der Waals surface area contributed by atoms with E-state index in [0.29, 0.717) is 16.7 Å². The van der Waals surface area contributed by atoms with Crippen molar-refractivity contribution in [1.29, 1.82) is 0 Å². The summed E-state index contributed by atoms with van der Waals surface area (Å²) in [6.45, 7) is 2.61. The molecule has 1 aromatic carbocycles. The van der Waals surface area contributed by atoms with Gasteiger partial charge in [0, 0.05) is 11.0 Å². The zero-order chi connectivity index (χ0) is 13.1. The van der Waals surface area contributed by atoms with Crippen molar-refractivity contribution in [2.45, 2.75) is 13.5 Å². The predicted molar refractivity (Wildman–Crippen MR) is 80.5 cm³/mol. The molecule has 1 heterocycles. The molecule has 0 bridgehead atoms. The van der Waals surface area contributed by atoms with E-state index >= 15 is 0 Å². The van der Waals surface area contributed by atoms with Gasteiger partial charge in [0.15, 0.2) is 0 Å². The van der Waals surface area contributed by atoms with Gasteiger partial charge in [-0.2, -0.15) is 0 Å². The Bertz CT molecular complexity index is 573. The molecule has 1 N–H and O–H groups in total. The molecule has 0 atom stereocenters. The summed E-state index contributed by atoms with van der Waals surface area (Å²) in [6, 6.07) is 9.57. The highest BCUT2D eigenvalue weighted by Gasteiger charge is 2.02. The second-order valence-corrected chi connectivity index (χ2v) is 5.52. The predicted octanol–water partition coefficient (Wildman–Crippen LogP) is 5.07. The van der Waals surface area contributed by atoms with Crippen molar-refractivity contribution in [3.63, 3.8) is 0 Å². The maximum atomic E-state index is 6.04. The average Bonchev–Trinajstić information content (AvgIpc) is 2.32. The summed E-state index contributed by atoms with van der Waals surface area (Å²) >= 11 is 15.2. The summed E-state index contributed by atoms with van der Waals surface area (Å²) in [5.41, 5.74) is 2.96. The van der Waals surface area contributed by atoms with Gasteiger partial charge in [-0.05, 0) is 52.7 Å². The molecule has 94 valence electrons. The first kappa shape index (κ1) is 13.7. The molecule has 0 radical (unpaired) electrons. The fourth-order valence-electron chi connectivity index (χ4n) is 1.56. The van der Waals surface area contributed by atoms with Crippen LogP contribution >= 0.6 is 39.1 Å². The number of nitrogens with zero attached hydrogens (tertiary/aromatic N) is 1. The third-order valence-corrected chi connectivity index (χ3v) is 3.96. The number of anilines is 1. The zero-order valence-electron chi connectivity index (χ0n) is 9.67. The number of benzene rings is 1. The average molecular weight is 346 g/mol. The normalized spacial score (nSPS) is 10.4. The lowest BCUT2D eigenvalue weighted by Crippen LogP contribution is -2.02. The first-order chi connectivity index (χ1) is 8.56. The second-order valence-electron chi connectivity index (χ2n) is 3.87. The fraction of sp³-hybridized carbons (Fsp3) is 0.154. The Balaban J connectivity index is 2.09. The molecule has 0 spiro atoms. The minimum Gasteiger partial charge on any atom is -0.379 e. The van der Waals surface area contributed by atoms with E-state index in [-0.39, 0.29) is 0 Å². The van der Waals surface area contributed by atoms with E-state index in [2.05, 4.69) is 26.2 Å². The second kappa shape index (κ2) is 5.91. The third kappa shape index (κ3) is 3.37. The highest BCUT2D eigenvalue weighted by molar-refractivity contribution is 9.10. The van der Waals surface area contributed by atoms with Gasteiger partial charge in [0.25, 0.3) is 0 Å². The Hall–Kier alpha value is -0.770. The maximum Gasteiger partial charge on any atom is 0.129 e. The highest BCUT2D eigenvalue weighted by Crippen LogP contribution is 2.24. The van der Waals surface area contributed by atoms with Crippen LogP contribution in [0.2, 0.25) is 10.2 Å². The molecule has 1 aromatic heterocycles. The molecule has 2 aromatic rings. The molecule has 0 fully saturated rings. The lowest BCUT2D eigenvalue weighted by atomic mass is 10.2. The Morgan fingerprint density at radius 2 is 2.00 bits per heavy atom. The summed E-state index contributed by atoms with van der Waals surface area (Å²) in [6.07, 6.45) is 0. The number of nitrogens with one attached hydrogen (secondary N) is 1. The lowest BCUT2D eigenvalue weighted by Gasteiger charge is -2.09. The molecule has 5 heteroatoms. The van der Waals surface area contributed by atoms with Gasteiger partial charge >= 0.3 is 0 Å². The van der Waals surface area contributed by atoms with Crippen LogP contribution in [-0.4, -0.2) is 4.98 Å². The van der Waals surface area contributed by atoms with Crippen molar-refractivity contribution in [3.05, 3.63) is 56.2 Å². The van der Waals surface area contributed by atoms with Crippen LogP contribution in [0, 0.1) is 6.92 Å². The van der Waals surface area contributed by atoms with Gasteiger partial charge in [-0.3, -0.25) is 0 Å². The van der Waals surface area contributed by atoms with Crippen LogP contribution in [0.5, 0.6) is 0 Å². The number of hydrogen-bond acceptors (Lipinski definition) is 2. The number of pyridine rings is 1. The van der Waals surface area contributed by atoms with E-state index in [1.165, 1.54) is 0 Å². The van der Waals surface area contributed by atoms with E-state index < -0.39 is 0 Å². The Morgan fingerprint density at radius 3 is 2.67 bits per heavy atom. The molecular weight excluding hydrogens is 335 g/mol. The molecule has 0 aliphatic rings. The highest BCUT2D eigenvalue weighted by atomic mass is 79.9. The summed E-state index contributed by atoms with van der Waals surface area (Å²) in [5.74, 6) is 0. The standard InChI is InChI=1S/C13H11BrCl2N2/c1-8-12(4-5-13(16)18-8)17-7-9-2-3-10(14)11(15)6-9/h2-6,17H,7H2,1H3. The number of aromatic nitrogens is 1. The summed E-state index contributed by atoms with van der Waals surface area (Å²) in [5, 5.41) is 4.52. The Labute approximate surface area is 124 Å². The largest absolute Gasteiger partial charge is 0.379 e. The number of hydrogen-bond donors (Lipinski definition) is 1. The van der Waals surface area contributed by atoms with Gasteiger partial charge in [0.2, 0.25) is 0 Å². The molecule has 0 amide bonds. The van der Waals surface area contributed by atoms with Crippen molar-refractivity contribution in [3.8, 4) is 0 Å².